The van der Waals surface area contributed by atoms with Crippen LogP contribution < -0.4 is 11.2 Å². The molecule has 0 fully saturated rings. The number of H-pyrrole nitrogens is 3. The Hall–Kier alpha value is -2.18. The van der Waals surface area contributed by atoms with Gasteiger partial charge in [-0.05, 0) is 6.42 Å². The number of aromatic amines is 3. The Balaban J connectivity index is 2.60. The fraction of sp³-hybridized carbons (Fsp3) is 0.400. The average Bonchev–Trinajstić information content (AvgIpc) is 2.70. The topological polar surface area (TPSA) is 111 Å². The molecule has 2 aromatic heterocycles. The molecule has 0 radical (unpaired) electrons. The monoisotopic (exact) mass is 236 g/mol. The summed E-state index contributed by atoms with van der Waals surface area (Å²) in [5, 5.41) is 0. The maximum atomic E-state index is 11.8. The van der Waals surface area contributed by atoms with Crippen LogP contribution in [0.5, 0.6) is 0 Å². The molecule has 0 amide bonds. The summed E-state index contributed by atoms with van der Waals surface area (Å²) in [6.45, 7) is 3.67. The van der Waals surface area contributed by atoms with Crippen molar-refractivity contribution < 1.29 is 4.79 Å². The van der Waals surface area contributed by atoms with Gasteiger partial charge in [-0.1, -0.05) is 13.8 Å². The number of carbonyl (C=O) groups is 1. The standard InChI is InChI=1S/C10H12N4O3/c1-3-4(2)6(15)8-11-5-7(12-8)13-10(17)14-9(5)16/h4H,3H2,1-2H3,(H3,11,12,13,14,16,17). The fourth-order valence-electron chi connectivity index (χ4n) is 1.47. The van der Waals surface area contributed by atoms with Crippen molar-refractivity contribution in [3.8, 4) is 0 Å². The van der Waals surface area contributed by atoms with Crippen molar-refractivity contribution in [1.82, 2.24) is 19.9 Å². The molecule has 1 atom stereocenters. The third-order valence-corrected chi connectivity index (χ3v) is 2.68. The zero-order chi connectivity index (χ0) is 12.6. The van der Waals surface area contributed by atoms with Gasteiger partial charge in [-0.3, -0.25) is 19.6 Å². The molecule has 0 saturated heterocycles. The molecule has 0 aliphatic rings. The number of hydrogen-bond donors (Lipinski definition) is 3. The Kier molecular flexibility index (Phi) is 2.66. The Labute approximate surface area is 95.3 Å². The molecule has 7 heteroatoms. The zero-order valence-corrected chi connectivity index (χ0v) is 9.46. The van der Waals surface area contributed by atoms with E-state index in [1.807, 2.05) is 6.92 Å². The fourth-order valence-corrected chi connectivity index (χ4v) is 1.47. The summed E-state index contributed by atoms with van der Waals surface area (Å²) in [7, 11) is 0. The van der Waals surface area contributed by atoms with Crippen molar-refractivity contribution in [2.45, 2.75) is 20.3 Å². The first kappa shape index (κ1) is 11.3. The summed E-state index contributed by atoms with van der Waals surface area (Å²) >= 11 is 0. The number of fused-ring (bicyclic) bond motifs is 1. The van der Waals surface area contributed by atoms with E-state index in [1.165, 1.54) is 0 Å². The highest BCUT2D eigenvalue weighted by Gasteiger charge is 2.18. The van der Waals surface area contributed by atoms with Crippen LogP contribution in [0.25, 0.3) is 11.2 Å². The number of hydrogen-bond acceptors (Lipinski definition) is 4. The van der Waals surface area contributed by atoms with Gasteiger partial charge in [0.2, 0.25) is 5.78 Å². The largest absolute Gasteiger partial charge is 0.330 e. The predicted molar refractivity (Wildman–Crippen MR) is 61.1 cm³/mol. The van der Waals surface area contributed by atoms with E-state index in [9.17, 15) is 14.4 Å². The van der Waals surface area contributed by atoms with Crippen molar-refractivity contribution in [3.63, 3.8) is 0 Å². The van der Waals surface area contributed by atoms with Crippen LogP contribution in [0.1, 0.15) is 30.9 Å². The number of carbonyl (C=O) groups excluding carboxylic acids is 1. The number of nitrogens with zero attached hydrogens (tertiary/aromatic N) is 1. The smallest absolute Gasteiger partial charge is 0.327 e. The van der Waals surface area contributed by atoms with Crippen LogP contribution in [-0.4, -0.2) is 25.7 Å². The summed E-state index contributed by atoms with van der Waals surface area (Å²) in [4.78, 5) is 45.3. The SMILES string of the molecule is CCC(C)C(=O)c1nc2[nH]c(=O)[nH]c(=O)c2[nH]1. The molecule has 90 valence electrons. The molecule has 2 rings (SSSR count). The van der Waals surface area contributed by atoms with Gasteiger partial charge in [-0.25, -0.2) is 9.78 Å². The van der Waals surface area contributed by atoms with E-state index in [0.29, 0.717) is 6.42 Å². The van der Waals surface area contributed by atoms with Crippen LogP contribution >= 0.6 is 0 Å². The molecule has 0 bridgehead atoms. The normalized spacial score (nSPS) is 12.8. The van der Waals surface area contributed by atoms with E-state index in [1.54, 1.807) is 6.92 Å². The van der Waals surface area contributed by atoms with Crippen LogP contribution in [-0.2, 0) is 0 Å². The molecule has 0 aromatic carbocycles. The first-order valence-electron chi connectivity index (χ1n) is 5.29. The van der Waals surface area contributed by atoms with Gasteiger partial charge in [0.05, 0.1) is 0 Å². The average molecular weight is 236 g/mol. The Bertz CT molecular complexity index is 679. The first-order valence-corrected chi connectivity index (χ1v) is 5.29. The Morgan fingerprint density at radius 1 is 1.29 bits per heavy atom. The minimum atomic E-state index is -0.642. The van der Waals surface area contributed by atoms with Gasteiger partial charge >= 0.3 is 5.69 Å². The van der Waals surface area contributed by atoms with E-state index < -0.39 is 11.2 Å². The summed E-state index contributed by atoms with van der Waals surface area (Å²) in [5.74, 6) is -0.257. The lowest BCUT2D eigenvalue weighted by Crippen LogP contribution is -2.21. The highest BCUT2D eigenvalue weighted by atomic mass is 16.2. The minimum absolute atomic E-state index is 0.0988. The van der Waals surface area contributed by atoms with E-state index in [2.05, 4.69) is 19.9 Å². The molecule has 0 spiro atoms. The highest BCUT2D eigenvalue weighted by Crippen LogP contribution is 2.10. The van der Waals surface area contributed by atoms with Crippen molar-refractivity contribution in [2.24, 2.45) is 5.92 Å². The molecule has 7 nitrogen and oxygen atoms in total. The van der Waals surface area contributed by atoms with E-state index in [0.717, 1.165) is 0 Å². The zero-order valence-electron chi connectivity index (χ0n) is 9.46. The molecule has 2 aromatic rings. The van der Waals surface area contributed by atoms with E-state index in [4.69, 9.17) is 0 Å². The van der Waals surface area contributed by atoms with Gasteiger partial charge in [0, 0.05) is 5.92 Å². The van der Waals surface area contributed by atoms with Crippen LogP contribution in [0, 0.1) is 5.92 Å². The third-order valence-electron chi connectivity index (χ3n) is 2.68. The molecule has 3 N–H and O–H groups in total. The van der Waals surface area contributed by atoms with Crippen LogP contribution in [0.2, 0.25) is 0 Å². The second-order valence-corrected chi connectivity index (χ2v) is 3.89. The predicted octanol–water partition coefficient (Wildman–Crippen LogP) is 0.168. The maximum Gasteiger partial charge on any atom is 0.327 e. The van der Waals surface area contributed by atoms with Crippen LogP contribution in [0.4, 0.5) is 0 Å². The quantitative estimate of drug-likeness (QED) is 0.659. The van der Waals surface area contributed by atoms with E-state index in [-0.39, 0.29) is 28.7 Å². The van der Waals surface area contributed by atoms with Crippen molar-refractivity contribution in [3.05, 3.63) is 26.7 Å². The summed E-state index contributed by atoms with van der Waals surface area (Å²) in [5.41, 5.74) is -1.02. The lowest BCUT2D eigenvalue weighted by molar-refractivity contribution is 0.0918. The summed E-state index contributed by atoms with van der Waals surface area (Å²) < 4.78 is 0. The molecular weight excluding hydrogens is 224 g/mol. The van der Waals surface area contributed by atoms with Crippen LogP contribution in [0.15, 0.2) is 9.59 Å². The number of ketones is 1. The molecule has 2 heterocycles. The van der Waals surface area contributed by atoms with Gasteiger partial charge in [0.25, 0.3) is 5.56 Å². The molecule has 1 unspecified atom stereocenters. The number of imidazole rings is 1. The highest BCUT2D eigenvalue weighted by molar-refractivity contribution is 5.96. The van der Waals surface area contributed by atoms with Crippen LogP contribution in [0.3, 0.4) is 0 Å². The van der Waals surface area contributed by atoms with Gasteiger partial charge in [-0.2, -0.15) is 0 Å². The molecule has 17 heavy (non-hydrogen) atoms. The van der Waals surface area contributed by atoms with Crippen molar-refractivity contribution in [1.29, 1.82) is 0 Å². The second-order valence-electron chi connectivity index (χ2n) is 3.89. The van der Waals surface area contributed by atoms with Gasteiger partial charge in [0.15, 0.2) is 11.5 Å². The lowest BCUT2D eigenvalue weighted by Gasteiger charge is -2.02. The van der Waals surface area contributed by atoms with Gasteiger partial charge in [0.1, 0.15) is 5.52 Å². The minimum Gasteiger partial charge on any atom is -0.330 e. The number of Topliss-reactive ketones (excluding diaryl/α,β-unsaturated/α-hetero) is 1. The molecule has 0 aliphatic carbocycles. The van der Waals surface area contributed by atoms with E-state index >= 15 is 0 Å². The maximum absolute atomic E-state index is 11.8. The number of nitrogens with one attached hydrogen (secondary N) is 3. The number of rotatable bonds is 3. The van der Waals surface area contributed by atoms with Crippen molar-refractivity contribution in [2.75, 3.05) is 0 Å². The van der Waals surface area contributed by atoms with Crippen molar-refractivity contribution >= 4 is 16.9 Å². The first-order chi connectivity index (χ1) is 8.02. The molecule has 0 saturated carbocycles. The lowest BCUT2D eigenvalue weighted by atomic mass is 10.0. The molecule has 0 aliphatic heterocycles. The molecular formula is C10H12N4O3. The Morgan fingerprint density at radius 2 is 2.00 bits per heavy atom. The summed E-state index contributed by atoms with van der Waals surface area (Å²) in [6.07, 6.45) is 0.683. The third kappa shape index (κ3) is 1.91. The second kappa shape index (κ2) is 4.00. The van der Waals surface area contributed by atoms with Gasteiger partial charge in [-0.15, -0.1) is 0 Å². The summed E-state index contributed by atoms with van der Waals surface area (Å²) in [6, 6.07) is 0. The number of aromatic nitrogens is 4. The Morgan fingerprint density at radius 3 is 2.65 bits per heavy atom. The van der Waals surface area contributed by atoms with Gasteiger partial charge < -0.3 is 4.98 Å².